The predicted molar refractivity (Wildman–Crippen MR) is 74.1 cm³/mol. The van der Waals surface area contributed by atoms with E-state index in [9.17, 15) is 13.2 Å². The Kier molecular flexibility index (Phi) is 4.21. The number of benzene rings is 1. The quantitative estimate of drug-likeness (QED) is 0.856. The number of aromatic amines is 1. The summed E-state index contributed by atoms with van der Waals surface area (Å²) in [6, 6.07) is 8.13. The van der Waals surface area contributed by atoms with Gasteiger partial charge in [-0.05, 0) is 17.7 Å². The highest BCUT2D eigenvalue weighted by molar-refractivity contribution is 7.89. The smallest absolute Gasteiger partial charge is 0.246 e. The summed E-state index contributed by atoms with van der Waals surface area (Å²) in [7, 11) is -2.27. The Morgan fingerprint density at radius 2 is 1.90 bits per heavy atom. The van der Waals surface area contributed by atoms with Crippen LogP contribution in [0.3, 0.4) is 0 Å². The molecule has 2 rings (SSSR count). The lowest BCUT2D eigenvalue weighted by molar-refractivity contribution is 0.414. The van der Waals surface area contributed by atoms with Crippen molar-refractivity contribution >= 4 is 10.0 Å². The number of sulfonamides is 1. The molecule has 0 amide bonds. The van der Waals surface area contributed by atoms with Crippen LogP contribution in [0.25, 0.3) is 0 Å². The molecule has 1 aromatic heterocycles. The Morgan fingerprint density at radius 3 is 2.50 bits per heavy atom. The zero-order valence-electron chi connectivity index (χ0n) is 10.8. The summed E-state index contributed by atoms with van der Waals surface area (Å²) in [4.78, 5) is 13.8. The van der Waals surface area contributed by atoms with Gasteiger partial charge in [0.05, 0.1) is 7.11 Å². The van der Waals surface area contributed by atoms with Crippen LogP contribution in [0.4, 0.5) is 0 Å². The van der Waals surface area contributed by atoms with Crippen molar-refractivity contribution in [3.05, 3.63) is 58.5 Å². The lowest BCUT2D eigenvalue weighted by atomic mass is 10.2. The molecule has 0 saturated carbocycles. The van der Waals surface area contributed by atoms with Gasteiger partial charge in [0.25, 0.3) is 0 Å². The molecular formula is C13H14N2O4S. The predicted octanol–water partition coefficient (Wildman–Crippen LogP) is 0.862. The molecular weight excluding hydrogens is 280 g/mol. The van der Waals surface area contributed by atoms with Crippen molar-refractivity contribution in [1.29, 1.82) is 0 Å². The van der Waals surface area contributed by atoms with E-state index >= 15 is 0 Å². The number of methoxy groups -OCH3 is 1. The molecule has 6 nitrogen and oxygen atoms in total. The molecule has 0 radical (unpaired) electrons. The fourth-order valence-electron chi connectivity index (χ4n) is 1.61. The van der Waals surface area contributed by atoms with E-state index in [-0.39, 0.29) is 11.4 Å². The maximum absolute atomic E-state index is 12.0. The second kappa shape index (κ2) is 5.89. The molecule has 0 spiro atoms. The molecule has 0 fully saturated rings. The van der Waals surface area contributed by atoms with Crippen molar-refractivity contribution in [3.63, 3.8) is 0 Å². The monoisotopic (exact) mass is 294 g/mol. The Labute approximate surface area is 116 Å². The Morgan fingerprint density at radius 1 is 1.20 bits per heavy atom. The van der Waals surface area contributed by atoms with E-state index in [2.05, 4.69) is 9.71 Å². The topological polar surface area (TPSA) is 88.3 Å². The van der Waals surface area contributed by atoms with E-state index in [0.717, 1.165) is 5.56 Å². The van der Waals surface area contributed by atoms with Gasteiger partial charge < -0.3 is 9.72 Å². The highest BCUT2D eigenvalue weighted by Crippen LogP contribution is 2.11. The lowest BCUT2D eigenvalue weighted by Crippen LogP contribution is -2.27. The van der Waals surface area contributed by atoms with Gasteiger partial charge in [0.15, 0.2) is 0 Å². The van der Waals surface area contributed by atoms with Crippen molar-refractivity contribution in [2.45, 2.75) is 11.4 Å². The number of aromatic nitrogens is 1. The molecule has 1 heterocycles. The fourth-order valence-corrected chi connectivity index (χ4v) is 2.68. The van der Waals surface area contributed by atoms with Gasteiger partial charge in [-0.25, -0.2) is 13.1 Å². The largest absolute Gasteiger partial charge is 0.497 e. The number of nitrogens with one attached hydrogen (secondary N) is 2. The van der Waals surface area contributed by atoms with E-state index in [1.54, 1.807) is 31.4 Å². The van der Waals surface area contributed by atoms with Crippen LogP contribution < -0.4 is 14.9 Å². The molecule has 0 aliphatic heterocycles. The zero-order valence-corrected chi connectivity index (χ0v) is 11.6. The van der Waals surface area contributed by atoms with E-state index in [1.807, 2.05) is 0 Å². The lowest BCUT2D eigenvalue weighted by Gasteiger charge is -2.06. The Hall–Kier alpha value is -2.12. The summed E-state index contributed by atoms with van der Waals surface area (Å²) >= 11 is 0. The Balaban J connectivity index is 2.13. The van der Waals surface area contributed by atoms with Crippen molar-refractivity contribution in [1.82, 2.24) is 9.71 Å². The van der Waals surface area contributed by atoms with Gasteiger partial charge >= 0.3 is 0 Å². The third-order valence-electron chi connectivity index (χ3n) is 2.70. The van der Waals surface area contributed by atoms with Crippen LogP contribution in [0.2, 0.25) is 0 Å². The minimum absolute atomic E-state index is 0.0979. The van der Waals surface area contributed by atoms with Crippen LogP contribution >= 0.6 is 0 Å². The van der Waals surface area contributed by atoms with Gasteiger partial charge in [-0.3, -0.25) is 4.79 Å². The molecule has 0 saturated heterocycles. The minimum Gasteiger partial charge on any atom is -0.497 e. The molecule has 0 unspecified atom stereocenters. The van der Waals surface area contributed by atoms with Gasteiger partial charge in [0.2, 0.25) is 15.5 Å². The van der Waals surface area contributed by atoms with Crippen LogP contribution in [-0.2, 0) is 16.6 Å². The van der Waals surface area contributed by atoms with Crippen LogP contribution in [0.15, 0.2) is 52.4 Å². The zero-order chi connectivity index (χ0) is 14.6. The van der Waals surface area contributed by atoms with Crippen LogP contribution in [0.5, 0.6) is 5.75 Å². The third kappa shape index (κ3) is 3.25. The van der Waals surface area contributed by atoms with Crippen molar-refractivity contribution < 1.29 is 13.2 Å². The maximum atomic E-state index is 12.0. The molecule has 20 heavy (non-hydrogen) atoms. The summed E-state index contributed by atoms with van der Waals surface area (Å²) in [6.45, 7) is 0.0979. The first kappa shape index (κ1) is 14.3. The summed E-state index contributed by atoms with van der Waals surface area (Å²) in [5.74, 6) is 0.691. The molecule has 0 atom stereocenters. The van der Waals surface area contributed by atoms with Crippen LogP contribution in [-0.4, -0.2) is 20.5 Å². The summed E-state index contributed by atoms with van der Waals surface area (Å²) in [6.07, 6.45) is 2.55. The van der Waals surface area contributed by atoms with Crippen molar-refractivity contribution in [3.8, 4) is 5.75 Å². The Bertz CT molecular complexity index is 735. The molecule has 7 heteroatoms. The van der Waals surface area contributed by atoms with Gasteiger partial charge in [0.1, 0.15) is 10.6 Å². The SMILES string of the molecule is COc1ccc(CNS(=O)(=O)c2c[nH]ccc2=O)cc1. The first-order valence-electron chi connectivity index (χ1n) is 5.82. The van der Waals surface area contributed by atoms with Gasteiger partial charge in [-0.15, -0.1) is 0 Å². The normalized spacial score (nSPS) is 11.2. The average molecular weight is 294 g/mol. The second-order valence-electron chi connectivity index (χ2n) is 4.05. The first-order valence-corrected chi connectivity index (χ1v) is 7.31. The number of pyridine rings is 1. The van der Waals surface area contributed by atoms with E-state index < -0.39 is 15.5 Å². The first-order chi connectivity index (χ1) is 9.53. The molecule has 2 aromatic rings. The highest BCUT2D eigenvalue weighted by Gasteiger charge is 2.16. The van der Waals surface area contributed by atoms with E-state index in [4.69, 9.17) is 4.74 Å². The summed E-state index contributed by atoms with van der Waals surface area (Å²) < 4.78 is 31.4. The molecule has 2 N–H and O–H groups in total. The summed E-state index contributed by atoms with van der Waals surface area (Å²) in [5.41, 5.74) is 0.215. The number of rotatable bonds is 5. The number of H-pyrrole nitrogens is 1. The molecule has 0 aliphatic carbocycles. The summed E-state index contributed by atoms with van der Waals surface area (Å²) in [5, 5.41) is 0. The molecule has 0 aliphatic rings. The van der Waals surface area contributed by atoms with Crippen molar-refractivity contribution in [2.24, 2.45) is 0 Å². The van der Waals surface area contributed by atoms with E-state index in [0.29, 0.717) is 5.75 Å². The highest BCUT2D eigenvalue weighted by atomic mass is 32.2. The number of ether oxygens (including phenoxy) is 1. The number of hydrogen-bond donors (Lipinski definition) is 2. The maximum Gasteiger partial charge on any atom is 0.246 e. The molecule has 106 valence electrons. The third-order valence-corrected chi connectivity index (χ3v) is 4.13. The fraction of sp³-hybridized carbons (Fsp3) is 0.154. The van der Waals surface area contributed by atoms with E-state index in [1.165, 1.54) is 18.5 Å². The van der Waals surface area contributed by atoms with Gasteiger partial charge in [-0.2, -0.15) is 0 Å². The van der Waals surface area contributed by atoms with Gasteiger partial charge in [-0.1, -0.05) is 12.1 Å². The average Bonchev–Trinajstić information content (AvgIpc) is 2.46. The second-order valence-corrected chi connectivity index (χ2v) is 5.78. The van der Waals surface area contributed by atoms with Crippen molar-refractivity contribution in [2.75, 3.05) is 7.11 Å². The van der Waals surface area contributed by atoms with Crippen LogP contribution in [0.1, 0.15) is 5.56 Å². The minimum atomic E-state index is -3.83. The molecule has 1 aromatic carbocycles. The van der Waals surface area contributed by atoms with Gasteiger partial charge in [0, 0.05) is 25.0 Å². The number of hydrogen-bond acceptors (Lipinski definition) is 4. The standard InChI is InChI=1S/C13H14N2O4S/c1-19-11-4-2-10(3-5-11)8-15-20(17,18)13-9-14-7-6-12(13)16/h2-7,9,15H,8H2,1H3,(H,14,16). The van der Waals surface area contributed by atoms with Crippen LogP contribution in [0, 0.1) is 0 Å². The molecule has 0 bridgehead atoms.